The fourth-order valence-electron chi connectivity index (χ4n) is 6.13. The van der Waals surface area contributed by atoms with Gasteiger partial charge in [-0.15, -0.1) is 0 Å². The van der Waals surface area contributed by atoms with E-state index in [0.29, 0.717) is 12.0 Å². The number of hydrogen-bond acceptors (Lipinski definition) is 3. The first kappa shape index (κ1) is 23.9. The Bertz CT molecular complexity index is 1030. The number of amides is 2. The summed E-state index contributed by atoms with van der Waals surface area (Å²) < 4.78 is 0. The second-order valence-corrected chi connectivity index (χ2v) is 10.4. The molecule has 2 amide bonds. The topological polar surface area (TPSA) is 64.1 Å². The van der Waals surface area contributed by atoms with E-state index in [-0.39, 0.29) is 12.5 Å². The van der Waals surface area contributed by atoms with E-state index in [1.807, 2.05) is 4.90 Å². The normalized spacial score (nSPS) is 23.3. The standard InChI is InChI=1S/C29H37N3O3/c33-28(34)13-8-22-6-10-26(11-7-22)31-18-19-32(29(31)35)27-12-9-24-14-16-30(17-15-25(24)20-27)21-23-4-2-1-3-5-23/h1-5,9,12,20,22,26H,6-8,10-11,13-19,21H2,(H,33,34). The quantitative estimate of drug-likeness (QED) is 0.615. The number of aliphatic carboxylic acids is 1. The number of fused-ring (bicyclic) bond motifs is 1. The van der Waals surface area contributed by atoms with Crippen LogP contribution in [0.1, 0.15) is 55.2 Å². The lowest BCUT2D eigenvalue weighted by Crippen LogP contribution is -2.41. The van der Waals surface area contributed by atoms with Crippen LogP contribution in [0.25, 0.3) is 0 Å². The Morgan fingerprint density at radius 3 is 2.37 bits per heavy atom. The molecule has 2 fully saturated rings. The summed E-state index contributed by atoms with van der Waals surface area (Å²) >= 11 is 0. The molecule has 6 heteroatoms. The highest BCUT2D eigenvalue weighted by Gasteiger charge is 2.36. The number of benzene rings is 2. The minimum atomic E-state index is -0.706. The maximum absolute atomic E-state index is 13.4. The van der Waals surface area contributed by atoms with Crippen LogP contribution in [0.3, 0.4) is 0 Å². The van der Waals surface area contributed by atoms with Gasteiger partial charge >= 0.3 is 12.0 Å². The number of carbonyl (C=O) groups is 2. The summed E-state index contributed by atoms with van der Waals surface area (Å²) in [6, 6.07) is 17.7. The number of carboxylic acids is 1. The molecular formula is C29H37N3O3. The van der Waals surface area contributed by atoms with Crippen LogP contribution in [0.2, 0.25) is 0 Å². The summed E-state index contributed by atoms with van der Waals surface area (Å²) in [4.78, 5) is 30.8. The van der Waals surface area contributed by atoms with E-state index in [2.05, 4.69) is 58.3 Å². The maximum atomic E-state index is 13.4. The van der Waals surface area contributed by atoms with Gasteiger partial charge in [-0.2, -0.15) is 0 Å². The molecule has 35 heavy (non-hydrogen) atoms. The van der Waals surface area contributed by atoms with Crippen molar-refractivity contribution < 1.29 is 14.7 Å². The summed E-state index contributed by atoms with van der Waals surface area (Å²) in [5.74, 6) is -0.218. The molecule has 0 radical (unpaired) electrons. The third-order valence-corrected chi connectivity index (χ3v) is 8.21. The molecule has 1 aliphatic carbocycles. The lowest BCUT2D eigenvalue weighted by atomic mass is 9.83. The Hall–Kier alpha value is -2.86. The van der Waals surface area contributed by atoms with Gasteiger partial charge in [-0.3, -0.25) is 14.6 Å². The van der Waals surface area contributed by atoms with Gasteiger partial charge in [0.1, 0.15) is 0 Å². The van der Waals surface area contributed by atoms with Crippen molar-refractivity contribution in [1.29, 1.82) is 0 Å². The Morgan fingerprint density at radius 1 is 0.886 bits per heavy atom. The van der Waals surface area contributed by atoms with Crippen LogP contribution < -0.4 is 4.90 Å². The van der Waals surface area contributed by atoms with Crippen LogP contribution in [-0.2, 0) is 24.2 Å². The molecule has 0 atom stereocenters. The monoisotopic (exact) mass is 475 g/mol. The third-order valence-electron chi connectivity index (χ3n) is 8.21. The summed E-state index contributed by atoms with van der Waals surface area (Å²) in [7, 11) is 0. The number of carboxylic acid groups (broad SMARTS) is 1. The number of nitrogens with zero attached hydrogens (tertiary/aromatic N) is 3. The van der Waals surface area contributed by atoms with Crippen molar-refractivity contribution in [2.24, 2.45) is 5.92 Å². The van der Waals surface area contributed by atoms with Crippen LogP contribution in [-0.4, -0.2) is 59.1 Å². The first-order chi connectivity index (χ1) is 17.1. The fourth-order valence-corrected chi connectivity index (χ4v) is 6.13. The van der Waals surface area contributed by atoms with E-state index in [4.69, 9.17) is 5.11 Å². The molecule has 2 heterocycles. The van der Waals surface area contributed by atoms with Gasteiger partial charge in [0.25, 0.3) is 0 Å². The number of rotatable bonds is 7. The van der Waals surface area contributed by atoms with E-state index in [1.54, 1.807) is 0 Å². The van der Waals surface area contributed by atoms with Gasteiger partial charge < -0.3 is 10.0 Å². The van der Waals surface area contributed by atoms with Crippen molar-refractivity contribution in [3.05, 3.63) is 65.2 Å². The average molecular weight is 476 g/mol. The van der Waals surface area contributed by atoms with Crippen LogP contribution >= 0.6 is 0 Å². The number of urea groups is 1. The average Bonchev–Trinajstić information content (AvgIpc) is 3.14. The molecule has 0 spiro atoms. The largest absolute Gasteiger partial charge is 0.481 e. The molecule has 5 rings (SSSR count). The molecule has 2 aromatic rings. The Kier molecular flexibility index (Phi) is 7.37. The van der Waals surface area contributed by atoms with Crippen LogP contribution in [0, 0.1) is 5.92 Å². The lowest BCUT2D eigenvalue weighted by Gasteiger charge is -2.34. The zero-order chi connectivity index (χ0) is 24.2. The molecule has 0 aromatic heterocycles. The minimum Gasteiger partial charge on any atom is -0.481 e. The van der Waals surface area contributed by atoms with E-state index < -0.39 is 5.97 Å². The predicted octanol–water partition coefficient (Wildman–Crippen LogP) is 4.95. The van der Waals surface area contributed by atoms with Gasteiger partial charge in [0.2, 0.25) is 0 Å². The molecule has 3 aliphatic rings. The van der Waals surface area contributed by atoms with Gasteiger partial charge in [0.05, 0.1) is 0 Å². The molecule has 0 bridgehead atoms. The summed E-state index contributed by atoms with van der Waals surface area (Å²) in [5, 5.41) is 8.94. The first-order valence-electron chi connectivity index (χ1n) is 13.2. The Balaban J connectivity index is 1.18. The van der Waals surface area contributed by atoms with Gasteiger partial charge in [-0.05, 0) is 79.7 Å². The highest BCUT2D eigenvalue weighted by Crippen LogP contribution is 2.33. The minimum absolute atomic E-state index is 0.137. The molecule has 186 valence electrons. The van der Waals surface area contributed by atoms with Crippen molar-refractivity contribution in [2.45, 2.75) is 64.0 Å². The fraction of sp³-hybridized carbons (Fsp3) is 0.517. The lowest BCUT2D eigenvalue weighted by molar-refractivity contribution is -0.137. The molecule has 2 aromatic carbocycles. The maximum Gasteiger partial charge on any atom is 0.324 e. The highest BCUT2D eigenvalue weighted by atomic mass is 16.4. The Morgan fingerprint density at radius 2 is 1.63 bits per heavy atom. The van der Waals surface area contributed by atoms with Crippen molar-refractivity contribution >= 4 is 17.7 Å². The molecule has 2 aliphatic heterocycles. The van der Waals surface area contributed by atoms with Crippen molar-refractivity contribution in [3.63, 3.8) is 0 Å². The second kappa shape index (κ2) is 10.8. The van der Waals surface area contributed by atoms with Gasteiger partial charge in [0.15, 0.2) is 0 Å². The van der Waals surface area contributed by atoms with Gasteiger partial charge in [-0.25, -0.2) is 4.79 Å². The predicted molar refractivity (Wildman–Crippen MR) is 138 cm³/mol. The van der Waals surface area contributed by atoms with Gasteiger partial charge in [-0.1, -0.05) is 36.4 Å². The van der Waals surface area contributed by atoms with Crippen molar-refractivity contribution in [3.8, 4) is 0 Å². The molecule has 6 nitrogen and oxygen atoms in total. The summed E-state index contributed by atoms with van der Waals surface area (Å²) in [6.45, 7) is 4.62. The molecule has 1 N–H and O–H groups in total. The molecule has 0 unspecified atom stereocenters. The van der Waals surface area contributed by atoms with E-state index in [0.717, 1.165) is 83.4 Å². The van der Waals surface area contributed by atoms with Crippen molar-refractivity contribution in [2.75, 3.05) is 31.1 Å². The highest BCUT2D eigenvalue weighted by molar-refractivity contribution is 5.94. The number of carbonyl (C=O) groups excluding carboxylic acids is 1. The van der Waals surface area contributed by atoms with E-state index in [1.165, 1.54) is 16.7 Å². The summed E-state index contributed by atoms with van der Waals surface area (Å²) in [5.41, 5.74) is 5.18. The SMILES string of the molecule is O=C(O)CCC1CCC(N2CCN(c3ccc4c(c3)CCN(Cc3ccccc3)CC4)C2=O)CC1. The first-order valence-corrected chi connectivity index (χ1v) is 13.2. The van der Waals surface area contributed by atoms with E-state index in [9.17, 15) is 9.59 Å². The molecular weight excluding hydrogens is 438 g/mol. The third kappa shape index (κ3) is 5.69. The molecule has 1 saturated carbocycles. The van der Waals surface area contributed by atoms with Crippen LogP contribution in [0.4, 0.5) is 10.5 Å². The number of hydrogen-bond donors (Lipinski definition) is 1. The smallest absolute Gasteiger partial charge is 0.324 e. The van der Waals surface area contributed by atoms with Crippen LogP contribution in [0.15, 0.2) is 48.5 Å². The summed E-state index contributed by atoms with van der Waals surface area (Å²) in [6.07, 6.45) is 7.13. The van der Waals surface area contributed by atoms with Crippen LogP contribution in [0.5, 0.6) is 0 Å². The Labute approximate surface area is 208 Å². The van der Waals surface area contributed by atoms with Crippen molar-refractivity contribution in [1.82, 2.24) is 9.80 Å². The van der Waals surface area contributed by atoms with E-state index >= 15 is 0 Å². The van der Waals surface area contributed by atoms with Gasteiger partial charge in [0, 0.05) is 50.9 Å². The zero-order valence-corrected chi connectivity index (χ0v) is 20.6. The second-order valence-electron chi connectivity index (χ2n) is 10.4. The molecule has 1 saturated heterocycles. The number of anilines is 1. The zero-order valence-electron chi connectivity index (χ0n) is 20.6.